The third-order valence-electron chi connectivity index (χ3n) is 4.30. The maximum absolute atomic E-state index is 12.9. The Labute approximate surface area is 153 Å². The Morgan fingerprint density at radius 2 is 1.73 bits per heavy atom. The Bertz CT molecular complexity index is 867. The minimum absolute atomic E-state index is 0.0255. The van der Waals surface area contributed by atoms with E-state index in [4.69, 9.17) is 9.47 Å². The van der Waals surface area contributed by atoms with Gasteiger partial charge in [0.05, 0.1) is 24.7 Å². The lowest BCUT2D eigenvalue weighted by molar-refractivity contribution is -0.121. The van der Waals surface area contributed by atoms with Crippen LogP contribution in [0.4, 0.5) is 5.69 Å². The van der Waals surface area contributed by atoms with Gasteiger partial charge in [-0.15, -0.1) is 0 Å². The highest BCUT2D eigenvalue weighted by atomic mass is 32.2. The molecule has 7 heteroatoms. The summed E-state index contributed by atoms with van der Waals surface area (Å²) in [6.07, 6.45) is 0.428. The zero-order chi connectivity index (χ0) is 18.6. The maximum atomic E-state index is 12.9. The Morgan fingerprint density at radius 3 is 2.35 bits per heavy atom. The number of carbonyl (C=O) groups excluding carboxylic acids is 1. The van der Waals surface area contributed by atoms with Gasteiger partial charge in [-0.2, -0.15) is 0 Å². The number of hydrogen-bond acceptors (Lipinski definition) is 5. The van der Waals surface area contributed by atoms with Gasteiger partial charge in [0.25, 0.3) is 5.91 Å². The number of nitrogens with zero attached hydrogens (tertiary/aromatic N) is 1. The van der Waals surface area contributed by atoms with Gasteiger partial charge in [0.1, 0.15) is 0 Å². The first kappa shape index (κ1) is 18.3. The van der Waals surface area contributed by atoms with E-state index in [1.165, 1.54) is 7.11 Å². The number of rotatable bonds is 6. The van der Waals surface area contributed by atoms with Crippen LogP contribution in [-0.4, -0.2) is 45.6 Å². The molecule has 26 heavy (non-hydrogen) atoms. The molecule has 0 aromatic heterocycles. The smallest absolute Gasteiger partial charge is 0.265 e. The van der Waals surface area contributed by atoms with Gasteiger partial charge in [0.2, 0.25) is 0 Å². The van der Waals surface area contributed by atoms with Crippen LogP contribution in [0.5, 0.6) is 11.5 Å². The molecule has 0 radical (unpaired) electrons. The fourth-order valence-corrected chi connectivity index (χ4v) is 4.77. The standard InChI is InChI=1S/C19H21NO5S/c1-24-17-9-5-6-10-18(17)25-13-19(21)20(15-7-3-2-4-8-15)16-11-12-26(22,23)14-16/h2-10,16H,11-14H2,1H3/t16-/m0/s1. The molecule has 2 aromatic rings. The number of anilines is 1. The highest BCUT2D eigenvalue weighted by molar-refractivity contribution is 7.91. The third kappa shape index (κ3) is 4.16. The maximum Gasteiger partial charge on any atom is 0.265 e. The second kappa shape index (κ2) is 7.78. The minimum Gasteiger partial charge on any atom is -0.493 e. The average Bonchev–Trinajstić information content (AvgIpc) is 3.00. The van der Waals surface area contributed by atoms with Crippen molar-refractivity contribution in [2.45, 2.75) is 12.5 Å². The first-order chi connectivity index (χ1) is 12.5. The van der Waals surface area contributed by atoms with Crippen LogP contribution in [0.1, 0.15) is 6.42 Å². The van der Waals surface area contributed by atoms with E-state index in [9.17, 15) is 13.2 Å². The van der Waals surface area contributed by atoms with Gasteiger partial charge in [0, 0.05) is 5.69 Å². The summed E-state index contributed by atoms with van der Waals surface area (Å²) < 4.78 is 34.6. The lowest BCUT2D eigenvalue weighted by atomic mass is 10.2. The number of carbonyl (C=O) groups is 1. The van der Waals surface area contributed by atoms with Crippen LogP contribution in [0.3, 0.4) is 0 Å². The second-order valence-corrected chi connectivity index (χ2v) is 8.32. The minimum atomic E-state index is -3.11. The first-order valence-electron chi connectivity index (χ1n) is 8.33. The Hall–Kier alpha value is -2.54. The summed E-state index contributed by atoms with van der Waals surface area (Å²) in [5.74, 6) is 0.791. The third-order valence-corrected chi connectivity index (χ3v) is 6.05. The number of benzene rings is 2. The molecule has 1 aliphatic rings. The van der Waals surface area contributed by atoms with E-state index < -0.39 is 9.84 Å². The molecule has 2 aromatic carbocycles. The molecule has 1 amide bonds. The van der Waals surface area contributed by atoms with E-state index in [1.54, 1.807) is 35.2 Å². The summed E-state index contributed by atoms with van der Waals surface area (Å²) in [4.78, 5) is 14.4. The Balaban J connectivity index is 1.79. The molecule has 0 N–H and O–H groups in total. The van der Waals surface area contributed by atoms with Crippen LogP contribution >= 0.6 is 0 Å². The molecule has 0 unspecified atom stereocenters. The van der Waals surface area contributed by atoms with Crippen molar-refractivity contribution in [3.63, 3.8) is 0 Å². The van der Waals surface area contributed by atoms with E-state index in [0.717, 1.165) is 0 Å². The van der Waals surface area contributed by atoms with Crippen molar-refractivity contribution in [2.24, 2.45) is 0 Å². The number of amides is 1. The van der Waals surface area contributed by atoms with Crippen molar-refractivity contribution < 1.29 is 22.7 Å². The summed E-state index contributed by atoms with van der Waals surface area (Å²) in [6.45, 7) is -0.203. The summed E-state index contributed by atoms with van der Waals surface area (Å²) >= 11 is 0. The highest BCUT2D eigenvalue weighted by Gasteiger charge is 2.35. The molecule has 0 bridgehead atoms. The van der Waals surface area contributed by atoms with Crippen LogP contribution in [0.15, 0.2) is 54.6 Å². The molecule has 1 saturated heterocycles. The molecule has 1 fully saturated rings. The molecule has 0 saturated carbocycles. The van der Waals surface area contributed by atoms with Gasteiger partial charge < -0.3 is 14.4 Å². The number of methoxy groups -OCH3 is 1. The van der Waals surface area contributed by atoms with Crippen LogP contribution < -0.4 is 14.4 Å². The van der Waals surface area contributed by atoms with E-state index in [-0.39, 0.29) is 30.1 Å². The lowest BCUT2D eigenvalue weighted by Crippen LogP contribution is -2.43. The largest absolute Gasteiger partial charge is 0.493 e. The summed E-state index contributed by atoms with van der Waals surface area (Å²) in [5.41, 5.74) is 0.670. The molecule has 6 nitrogen and oxygen atoms in total. The average molecular weight is 375 g/mol. The number of sulfone groups is 1. The number of ether oxygens (including phenoxy) is 2. The molecule has 0 aliphatic carbocycles. The van der Waals surface area contributed by atoms with E-state index in [0.29, 0.717) is 23.6 Å². The molecule has 1 heterocycles. The van der Waals surface area contributed by atoms with Gasteiger partial charge in [-0.25, -0.2) is 8.42 Å². The first-order valence-corrected chi connectivity index (χ1v) is 10.2. The second-order valence-electron chi connectivity index (χ2n) is 6.10. The Kier molecular flexibility index (Phi) is 5.46. The molecule has 0 spiro atoms. The fourth-order valence-electron chi connectivity index (χ4n) is 3.07. The fraction of sp³-hybridized carbons (Fsp3) is 0.316. The monoisotopic (exact) mass is 375 g/mol. The van der Waals surface area contributed by atoms with Crippen molar-refractivity contribution >= 4 is 21.4 Å². The molecule has 1 atom stereocenters. The van der Waals surface area contributed by atoms with Gasteiger partial charge in [0.15, 0.2) is 27.9 Å². The Morgan fingerprint density at radius 1 is 1.08 bits per heavy atom. The summed E-state index contributed by atoms with van der Waals surface area (Å²) in [7, 11) is -1.58. The molecule has 1 aliphatic heterocycles. The van der Waals surface area contributed by atoms with Crippen LogP contribution in [0.2, 0.25) is 0 Å². The van der Waals surface area contributed by atoms with Crippen molar-refractivity contribution in [1.29, 1.82) is 0 Å². The van der Waals surface area contributed by atoms with Crippen molar-refractivity contribution in [3.8, 4) is 11.5 Å². The number of hydrogen-bond donors (Lipinski definition) is 0. The van der Waals surface area contributed by atoms with Crippen molar-refractivity contribution in [3.05, 3.63) is 54.6 Å². The quantitative estimate of drug-likeness (QED) is 0.775. The van der Waals surface area contributed by atoms with Gasteiger partial charge in [-0.3, -0.25) is 4.79 Å². The summed E-state index contributed by atoms with van der Waals surface area (Å²) in [6, 6.07) is 15.8. The topological polar surface area (TPSA) is 72.9 Å². The van der Waals surface area contributed by atoms with E-state index >= 15 is 0 Å². The highest BCUT2D eigenvalue weighted by Crippen LogP contribution is 2.27. The van der Waals surface area contributed by atoms with Gasteiger partial charge in [-0.1, -0.05) is 30.3 Å². The molecular formula is C19H21NO5S. The zero-order valence-electron chi connectivity index (χ0n) is 14.5. The molecule has 138 valence electrons. The lowest BCUT2D eigenvalue weighted by Gasteiger charge is -2.28. The summed E-state index contributed by atoms with van der Waals surface area (Å²) in [5, 5.41) is 0. The SMILES string of the molecule is COc1ccccc1OCC(=O)N(c1ccccc1)[C@H]1CCS(=O)(=O)C1. The molecular weight excluding hydrogens is 354 g/mol. The predicted molar refractivity (Wildman–Crippen MR) is 99.5 cm³/mol. The van der Waals surface area contributed by atoms with Crippen LogP contribution in [0.25, 0.3) is 0 Å². The van der Waals surface area contributed by atoms with Gasteiger partial charge >= 0.3 is 0 Å². The zero-order valence-corrected chi connectivity index (χ0v) is 15.3. The van der Waals surface area contributed by atoms with Crippen LogP contribution in [0, 0.1) is 0 Å². The van der Waals surface area contributed by atoms with E-state index in [2.05, 4.69) is 0 Å². The predicted octanol–water partition coefficient (Wildman–Crippen LogP) is 2.29. The van der Waals surface area contributed by atoms with Crippen LogP contribution in [-0.2, 0) is 14.6 Å². The van der Waals surface area contributed by atoms with Crippen molar-refractivity contribution in [2.75, 3.05) is 30.1 Å². The molecule has 3 rings (SSSR count). The van der Waals surface area contributed by atoms with Crippen molar-refractivity contribution in [1.82, 2.24) is 0 Å². The number of para-hydroxylation sites is 3. The van der Waals surface area contributed by atoms with E-state index in [1.807, 2.05) is 24.3 Å². The van der Waals surface area contributed by atoms with Gasteiger partial charge in [-0.05, 0) is 30.7 Å². The normalized spacial score (nSPS) is 18.3.